The molecular formula is C22H27N3O5S. The summed E-state index contributed by atoms with van der Waals surface area (Å²) in [6.07, 6.45) is 1.59. The summed E-state index contributed by atoms with van der Waals surface area (Å²) in [5.74, 6) is -0.0854. The lowest BCUT2D eigenvalue weighted by atomic mass is 10.1. The minimum Gasteiger partial charge on any atom is -0.491 e. The Morgan fingerprint density at radius 2 is 1.81 bits per heavy atom. The lowest BCUT2D eigenvalue weighted by molar-refractivity contribution is 0.0706. The van der Waals surface area contributed by atoms with Gasteiger partial charge in [-0.05, 0) is 30.5 Å². The SMILES string of the molecule is O=C(NO)c1ccc2c(c1)OC[C@H](c1ccccc1)N(C(=O)NC1CCOCC1)C2.S. The Bertz CT molecular complexity index is 905. The third-order valence-electron chi connectivity index (χ3n) is 5.54. The van der Waals surface area contributed by atoms with Crippen LogP contribution < -0.4 is 15.5 Å². The third kappa shape index (κ3) is 5.30. The van der Waals surface area contributed by atoms with Crippen molar-refractivity contribution in [3.63, 3.8) is 0 Å². The number of hydrogen-bond donors (Lipinski definition) is 3. The van der Waals surface area contributed by atoms with E-state index in [9.17, 15) is 9.59 Å². The van der Waals surface area contributed by atoms with Crippen LogP contribution in [0.15, 0.2) is 48.5 Å². The Morgan fingerprint density at radius 1 is 1.06 bits per heavy atom. The largest absolute Gasteiger partial charge is 0.491 e. The van der Waals surface area contributed by atoms with Gasteiger partial charge in [0, 0.05) is 30.4 Å². The molecule has 9 heteroatoms. The summed E-state index contributed by atoms with van der Waals surface area (Å²) < 4.78 is 11.4. The van der Waals surface area contributed by atoms with Gasteiger partial charge >= 0.3 is 6.03 Å². The first-order valence-corrected chi connectivity index (χ1v) is 10.1. The van der Waals surface area contributed by atoms with Gasteiger partial charge in [-0.1, -0.05) is 36.4 Å². The van der Waals surface area contributed by atoms with Crippen LogP contribution in [-0.4, -0.2) is 47.9 Å². The van der Waals surface area contributed by atoms with Gasteiger partial charge in [-0.25, -0.2) is 10.3 Å². The Morgan fingerprint density at radius 3 is 2.52 bits per heavy atom. The molecule has 0 aromatic heterocycles. The summed E-state index contributed by atoms with van der Waals surface area (Å²) >= 11 is 0. The first-order valence-electron chi connectivity index (χ1n) is 10.1. The van der Waals surface area contributed by atoms with E-state index in [2.05, 4.69) is 5.32 Å². The monoisotopic (exact) mass is 445 g/mol. The van der Waals surface area contributed by atoms with E-state index in [1.54, 1.807) is 28.6 Å². The number of carbonyl (C=O) groups is 2. The number of hydroxylamine groups is 1. The predicted octanol–water partition coefficient (Wildman–Crippen LogP) is 2.74. The fourth-order valence-corrected chi connectivity index (χ4v) is 3.84. The van der Waals surface area contributed by atoms with E-state index in [1.165, 1.54) is 0 Å². The standard InChI is InChI=1S/C22H25N3O5.H2S/c26-21(24-28)16-6-7-17-13-25(22(27)23-18-8-10-29-11-9-18)19(14-30-20(17)12-16)15-4-2-1-3-5-15;/h1-7,12,18-19,28H,8-11,13-14H2,(H,23,27)(H,24,26);1H2/t19-;/m1./s1. The average Bonchev–Trinajstić information content (AvgIpc) is 2.99. The van der Waals surface area contributed by atoms with E-state index in [1.807, 2.05) is 30.3 Å². The van der Waals surface area contributed by atoms with E-state index in [4.69, 9.17) is 14.7 Å². The Labute approximate surface area is 187 Å². The minimum absolute atomic E-state index is 0. The first-order chi connectivity index (χ1) is 14.7. The molecule has 2 heterocycles. The van der Waals surface area contributed by atoms with Gasteiger partial charge in [0.1, 0.15) is 12.4 Å². The molecule has 1 atom stereocenters. The molecule has 1 saturated heterocycles. The van der Waals surface area contributed by atoms with Gasteiger partial charge < -0.3 is 19.7 Å². The second-order valence-electron chi connectivity index (χ2n) is 7.46. The maximum atomic E-state index is 13.3. The first kappa shape index (κ1) is 22.9. The van der Waals surface area contributed by atoms with Crippen LogP contribution in [0.1, 0.15) is 40.4 Å². The van der Waals surface area contributed by atoms with Crippen molar-refractivity contribution < 1.29 is 24.3 Å². The summed E-state index contributed by atoms with van der Waals surface area (Å²) in [5.41, 5.74) is 3.69. The molecule has 2 aromatic carbocycles. The zero-order valence-corrected chi connectivity index (χ0v) is 18.0. The highest BCUT2D eigenvalue weighted by Gasteiger charge is 2.31. The second-order valence-corrected chi connectivity index (χ2v) is 7.46. The number of carbonyl (C=O) groups excluding carboxylic acids is 2. The number of nitrogens with zero attached hydrogens (tertiary/aromatic N) is 1. The summed E-state index contributed by atoms with van der Waals surface area (Å²) in [6, 6.07) is 14.3. The molecule has 3 amide bonds. The van der Waals surface area contributed by atoms with Crippen LogP contribution >= 0.6 is 13.5 Å². The average molecular weight is 446 g/mol. The maximum Gasteiger partial charge on any atom is 0.318 e. The van der Waals surface area contributed by atoms with E-state index in [-0.39, 0.29) is 43.8 Å². The van der Waals surface area contributed by atoms with Crippen molar-refractivity contribution in [1.82, 2.24) is 15.7 Å². The van der Waals surface area contributed by atoms with Crippen LogP contribution in [0.4, 0.5) is 4.79 Å². The molecule has 1 fully saturated rings. The van der Waals surface area contributed by atoms with E-state index >= 15 is 0 Å². The highest BCUT2D eigenvalue weighted by molar-refractivity contribution is 7.59. The summed E-state index contributed by atoms with van der Waals surface area (Å²) in [5, 5.41) is 12.0. The predicted molar refractivity (Wildman–Crippen MR) is 119 cm³/mol. The molecule has 0 saturated carbocycles. The highest BCUT2D eigenvalue weighted by atomic mass is 32.1. The molecule has 2 aliphatic rings. The zero-order valence-electron chi connectivity index (χ0n) is 17.0. The van der Waals surface area contributed by atoms with Gasteiger partial charge in [-0.15, -0.1) is 0 Å². The molecule has 166 valence electrons. The van der Waals surface area contributed by atoms with Crippen LogP contribution in [0.5, 0.6) is 5.75 Å². The Hall–Kier alpha value is -2.75. The zero-order chi connectivity index (χ0) is 20.9. The van der Waals surface area contributed by atoms with Gasteiger partial charge in [0.15, 0.2) is 0 Å². The van der Waals surface area contributed by atoms with Crippen molar-refractivity contribution in [2.45, 2.75) is 31.5 Å². The van der Waals surface area contributed by atoms with E-state index in [0.717, 1.165) is 24.0 Å². The number of amides is 3. The van der Waals surface area contributed by atoms with Crippen molar-refractivity contribution in [1.29, 1.82) is 0 Å². The van der Waals surface area contributed by atoms with Crippen molar-refractivity contribution in [2.75, 3.05) is 19.8 Å². The number of benzene rings is 2. The third-order valence-corrected chi connectivity index (χ3v) is 5.54. The normalized spacial score (nSPS) is 18.6. The molecule has 0 unspecified atom stereocenters. The molecule has 0 radical (unpaired) electrons. The lowest BCUT2D eigenvalue weighted by Crippen LogP contribution is -2.48. The fourth-order valence-electron chi connectivity index (χ4n) is 3.84. The van der Waals surface area contributed by atoms with Gasteiger partial charge in [-0.2, -0.15) is 13.5 Å². The summed E-state index contributed by atoms with van der Waals surface area (Å²) in [7, 11) is 0. The van der Waals surface area contributed by atoms with Crippen LogP contribution in [0.25, 0.3) is 0 Å². The molecule has 0 bridgehead atoms. The number of nitrogens with one attached hydrogen (secondary N) is 2. The topological polar surface area (TPSA) is 100 Å². The van der Waals surface area contributed by atoms with Gasteiger partial charge in [0.2, 0.25) is 0 Å². The maximum absolute atomic E-state index is 13.3. The molecule has 3 N–H and O–H groups in total. The number of hydrogen-bond acceptors (Lipinski definition) is 5. The number of rotatable bonds is 3. The van der Waals surface area contributed by atoms with Gasteiger partial charge in [-0.3, -0.25) is 10.0 Å². The van der Waals surface area contributed by atoms with Crippen molar-refractivity contribution >= 4 is 25.4 Å². The molecule has 2 aromatic rings. The molecule has 31 heavy (non-hydrogen) atoms. The van der Waals surface area contributed by atoms with Crippen LogP contribution in [0.3, 0.4) is 0 Å². The number of fused-ring (bicyclic) bond motifs is 1. The molecule has 2 aliphatic heterocycles. The number of ether oxygens (including phenoxy) is 2. The highest BCUT2D eigenvalue weighted by Crippen LogP contribution is 2.32. The van der Waals surface area contributed by atoms with E-state index in [0.29, 0.717) is 25.5 Å². The van der Waals surface area contributed by atoms with E-state index < -0.39 is 5.91 Å². The van der Waals surface area contributed by atoms with Crippen molar-refractivity contribution in [2.24, 2.45) is 0 Å². The van der Waals surface area contributed by atoms with Crippen LogP contribution in [-0.2, 0) is 11.3 Å². The van der Waals surface area contributed by atoms with Crippen molar-refractivity contribution in [3.05, 3.63) is 65.2 Å². The molecule has 0 aliphatic carbocycles. The Kier molecular flexibility index (Phi) is 7.78. The van der Waals surface area contributed by atoms with Crippen LogP contribution in [0, 0.1) is 0 Å². The smallest absolute Gasteiger partial charge is 0.318 e. The number of urea groups is 1. The van der Waals surface area contributed by atoms with Crippen molar-refractivity contribution in [3.8, 4) is 5.75 Å². The Balaban J connectivity index is 0.00000272. The summed E-state index contributed by atoms with van der Waals surface area (Å²) in [4.78, 5) is 26.8. The van der Waals surface area contributed by atoms with Gasteiger partial charge in [0.25, 0.3) is 5.91 Å². The molecule has 4 rings (SSSR count). The molecular weight excluding hydrogens is 418 g/mol. The minimum atomic E-state index is -0.612. The van der Waals surface area contributed by atoms with Crippen LogP contribution in [0.2, 0.25) is 0 Å². The van der Waals surface area contributed by atoms with Gasteiger partial charge in [0.05, 0.1) is 12.6 Å². The molecule has 0 spiro atoms. The molecule has 8 nitrogen and oxygen atoms in total. The lowest BCUT2D eigenvalue weighted by Gasteiger charge is -2.32. The quantitative estimate of drug-likeness (QED) is 0.498. The fraction of sp³-hybridized carbons (Fsp3) is 0.364. The second kappa shape index (κ2) is 10.5. The summed E-state index contributed by atoms with van der Waals surface area (Å²) in [6.45, 7) is 1.89.